The Kier molecular flexibility index (Phi) is 2.79. The maximum Gasteiger partial charge on any atom is 0.244 e. The Labute approximate surface area is 80.4 Å². The largest absolute Gasteiger partial charge is 0.347 e. The van der Waals surface area contributed by atoms with Gasteiger partial charge in [-0.1, -0.05) is 5.57 Å². The molecule has 0 saturated heterocycles. The van der Waals surface area contributed by atoms with Crippen molar-refractivity contribution in [3.05, 3.63) is 11.6 Å². The zero-order valence-electron chi connectivity index (χ0n) is 8.98. The van der Waals surface area contributed by atoms with Crippen LogP contribution in [0.4, 0.5) is 0 Å². The fraction of sp³-hybridized carbons (Fsp3) is 0.727. The highest BCUT2D eigenvalue weighted by Gasteiger charge is 2.38. The van der Waals surface area contributed by atoms with Crippen molar-refractivity contribution in [1.82, 2.24) is 5.32 Å². The van der Waals surface area contributed by atoms with Crippen LogP contribution in [0.15, 0.2) is 11.6 Å². The molecule has 0 aromatic heterocycles. The number of carbonyl (C=O) groups is 1. The third-order valence-corrected chi connectivity index (χ3v) is 2.46. The number of rotatable bonds is 3. The number of allylic oxidation sites excluding steroid dienone is 1. The van der Waals surface area contributed by atoms with E-state index in [4.69, 9.17) is 0 Å². The molecular formula is C11H19NO. The number of carbonyl (C=O) groups excluding carboxylic acids is 1. The lowest BCUT2D eigenvalue weighted by Gasteiger charge is -2.25. The Bertz CT molecular complexity index is 232. The van der Waals surface area contributed by atoms with Crippen molar-refractivity contribution < 1.29 is 4.79 Å². The van der Waals surface area contributed by atoms with Gasteiger partial charge in [0.2, 0.25) is 5.91 Å². The third kappa shape index (κ3) is 3.21. The molecular weight excluding hydrogens is 162 g/mol. The van der Waals surface area contributed by atoms with Crippen LogP contribution in [0.1, 0.15) is 40.5 Å². The summed E-state index contributed by atoms with van der Waals surface area (Å²) >= 11 is 0. The predicted octanol–water partition coefficient (Wildman–Crippen LogP) is 2.26. The van der Waals surface area contributed by atoms with E-state index in [0.29, 0.717) is 5.92 Å². The molecule has 74 valence electrons. The van der Waals surface area contributed by atoms with Crippen LogP contribution in [-0.4, -0.2) is 11.4 Å². The van der Waals surface area contributed by atoms with Crippen molar-refractivity contribution in [2.45, 2.75) is 46.1 Å². The molecule has 13 heavy (non-hydrogen) atoms. The number of hydrogen-bond acceptors (Lipinski definition) is 1. The van der Waals surface area contributed by atoms with Crippen LogP contribution in [-0.2, 0) is 4.79 Å². The quantitative estimate of drug-likeness (QED) is 0.665. The summed E-state index contributed by atoms with van der Waals surface area (Å²) in [5, 5.41) is 3.03. The minimum atomic E-state index is -0.0248. The van der Waals surface area contributed by atoms with Crippen LogP contribution in [0.5, 0.6) is 0 Å². The highest BCUT2D eigenvalue weighted by atomic mass is 16.1. The van der Waals surface area contributed by atoms with Gasteiger partial charge in [0.15, 0.2) is 0 Å². The number of nitrogens with one attached hydrogen (secondary N) is 1. The summed E-state index contributed by atoms with van der Waals surface area (Å²) in [5.41, 5.74) is 1.02. The van der Waals surface area contributed by atoms with Gasteiger partial charge in [-0.2, -0.15) is 0 Å². The maximum atomic E-state index is 11.4. The summed E-state index contributed by atoms with van der Waals surface area (Å²) in [6.45, 7) is 8.07. The van der Waals surface area contributed by atoms with E-state index >= 15 is 0 Å². The average molecular weight is 181 g/mol. The van der Waals surface area contributed by atoms with E-state index in [1.807, 2.05) is 13.8 Å². The van der Waals surface area contributed by atoms with Crippen LogP contribution in [0.25, 0.3) is 0 Å². The molecule has 0 aliphatic heterocycles. The zero-order valence-corrected chi connectivity index (χ0v) is 8.98. The fourth-order valence-corrected chi connectivity index (χ4v) is 1.52. The van der Waals surface area contributed by atoms with Crippen molar-refractivity contribution in [3.8, 4) is 0 Å². The highest BCUT2D eigenvalue weighted by Crippen LogP contribution is 2.39. The van der Waals surface area contributed by atoms with Crippen molar-refractivity contribution >= 4 is 5.91 Å². The zero-order chi connectivity index (χ0) is 10.1. The second-order valence-electron chi connectivity index (χ2n) is 4.71. The van der Waals surface area contributed by atoms with Crippen molar-refractivity contribution in [1.29, 1.82) is 0 Å². The lowest BCUT2D eigenvalue weighted by molar-refractivity contribution is -0.118. The fourth-order valence-electron chi connectivity index (χ4n) is 1.52. The van der Waals surface area contributed by atoms with Gasteiger partial charge in [-0.3, -0.25) is 4.79 Å². The van der Waals surface area contributed by atoms with E-state index < -0.39 is 0 Å². The van der Waals surface area contributed by atoms with E-state index in [1.54, 1.807) is 6.08 Å². The van der Waals surface area contributed by atoms with Crippen molar-refractivity contribution in [2.75, 3.05) is 0 Å². The molecule has 1 N–H and O–H groups in total. The highest BCUT2D eigenvalue weighted by molar-refractivity contribution is 5.88. The van der Waals surface area contributed by atoms with E-state index in [1.165, 1.54) is 12.8 Å². The molecule has 0 radical (unpaired) electrons. The molecule has 2 nitrogen and oxygen atoms in total. The van der Waals surface area contributed by atoms with Crippen LogP contribution in [0.3, 0.4) is 0 Å². The van der Waals surface area contributed by atoms with Gasteiger partial charge < -0.3 is 5.32 Å². The lowest BCUT2D eigenvalue weighted by Crippen LogP contribution is -2.44. The topological polar surface area (TPSA) is 29.1 Å². The van der Waals surface area contributed by atoms with Crippen molar-refractivity contribution in [2.24, 2.45) is 5.92 Å². The van der Waals surface area contributed by atoms with Gasteiger partial charge in [0.25, 0.3) is 0 Å². The summed E-state index contributed by atoms with van der Waals surface area (Å²) in [6, 6.07) is 0. The minimum absolute atomic E-state index is 0.0248. The van der Waals surface area contributed by atoms with Crippen molar-refractivity contribution in [3.63, 3.8) is 0 Å². The molecule has 1 rings (SSSR count). The Morgan fingerprint density at radius 2 is 1.92 bits per heavy atom. The molecule has 0 bridgehead atoms. The molecule has 1 amide bonds. The normalized spacial score (nSPS) is 16.6. The van der Waals surface area contributed by atoms with Gasteiger partial charge in [-0.05, 0) is 46.5 Å². The average Bonchev–Trinajstić information content (AvgIpc) is 2.60. The summed E-state index contributed by atoms with van der Waals surface area (Å²) in [6.07, 6.45) is 4.16. The lowest BCUT2D eigenvalue weighted by atomic mass is 9.99. The smallest absolute Gasteiger partial charge is 0.244 e. The molecule has 2 heteroatoms. The van der Waals surface area contributed by atoms with E-state index in [0.717, 1.165) is 5.57 Å². The molecule has 0 aromatic carbocycles. The molecule has 0 aromatic rings. The van der Waals surface area contributed by atoms with Crippen LogP contribution >= 0.6 is 0 Å². The van der Waals surface area contributed by atoms with Crippen LogP contribution < -0.4 is 5.32 Å². The number of hydrogen-bond donors (Lipinski definition) is 1. The first-order valence-corrected chi connectivity index (χ1v) is 4.89. The molecule has 0 spiro atoms. The second kappa shape index (κ2) is 3.52. The first kappa shape index (κ1) is 10.3. The first-order chi connectivity index (χ1) is 5.92. The SMILES string of the molecule is CC(C)=CC(=O)NC(C)(C)C1CC1. The molecule has 0 atom stereocenters. The minimum Gasteiger partial charge on any atom is -0.347 e. The molecule has 1 saturated carbocycles. The number of amides is 1. The van der Waals surface area contributed by atoms with Gasteiger partial charge in [-0.25, -0.2) is 0 Å². The summed E-state index contributed by atoms with van der Waals surface area (Å²) in [7, 11) is 0. The van der Waals surface area contributed by atoms with Gasteiger partial charge in [0.05, 0.1) is 0 Å². The Morgan fingerprint density at radius 3 is 2.31 bits per heavy atom. The standard InChI is InChI=1S/C11H19NO/c1-8(2)7-10(13)12-11(3,4)9-5-6-9/h7,9H,5-6H2,1-4H3,(H,12,13). The van der Waals surface area contributed by atoms with E-state index in [-0.39, 0.29) is 11.4 Å². The second-order valence-corrected chi connectivity index (χ2v) is 4.71. The van der Waals surface area contributed by atoms with Crippen LogP contribution in [0, 0.1) is 5.92 Å². The van der Waals surface area contributed by atoms with Gasteiger partial charge in [-0.15, -0.1) is 0 Å². The molecule has 1 fully saturated rings. The van der Waals surface area contributed by atoms with Gasteiger partial charge in [0, 0.05) is 11.6 Å². The van der Waals surface area contributed by atoms with Gasteiger partial charge in [0.1, 0.15) is 0 Å². The van der Waals surface area contributed by atoms with Crippen LogP contribution in [0.2, 0.25) is 0 Å². The summed E-state index contributed by atoms with van der Waals surface area (Å²) in [4.78, 5) is 11.4. The van der Waals surface area contributed by atoms with E-state index in [2.05, 4.69) is 19.2 Å². The molecule has 0 unspecified atom stereocenters. The first-order valence-electron chi connectivity index (χ1n) is 4.89. The maximum absolute atomic E-state index is 11.4. The Balaban J connectivity index is 2.47. The Hall–Kier alpha value is -0.790. The third-order valence-electron chi connectivity index (χ3n) is 2.46. The monoisotopic (exact) mass is 181 g/mol. The molecule has 1 aliphatic rings. The molecule has 0 heterocycles. The summed E-state index contributed by atoms with van der Waals surface area (Å²) in [5.74, 6) is 0.721. The van der Waals surface area contributed by atoms with Gasteiger partial charge >= 0.3 is 0 Å². The Morgan fingerprint density at radius 1 is 1.38 bits per heavy atom. The van der Waals surface area contributed by atoms with E-state index in [9.17, 15) is 4.79 Å². The summed E-state index contributed by atoms with van der Waals surface area (Å²) < 4.78 is 0. The molecule has 1 aliphatic carbocycles. The predicted molar refractivity (Wildman–Crippen MR) is 54.4 cm³/mol.